The molecular weight excluding hydrogens is 387 g/mol. The number of halogens is 3. The number of carboxylic acids is 1. The van der Waals surface area contributed by atoms with Gasteiger partial charge in [0.05, 0.1) is 17.1 Å². The molecule has 2 atom stereocenters. The van der Waals surface area contributed by atoms with Crippen LogP contribution in [0.4, 0.5) is 18.9 Å². The number of β-amino-alcohol motifs (C(OH)–C–C–N with tert-alkyl or cyclic N) is 1. The highest BCUT2D eigenvalue weighted by atomic mass is 32.2. The molecule has 2 rings (SSSR count). The van der Waals surface area contributed by atoms with Crippen LogP contribution >= 0.6 is 0 Å². The van der Waals surface area contributed by atoms with Crippen molar-refractivity contribution in [3.63, 3.8) is 0 Å². The quantitative estimate of drug-likeness (QED) is 0.400. The maximum atomic E-state index is 12.1. The van der Waals surface area contributed by atoms with Crippen LogP contribution in [0.2, 0.25) is 0 Å². The maximum absolute atomic E-state index is 12.1. The number of para-hydroxylation sites is 1. The molecule has 0 aromatic heterocycles. The van der Waals surface area contributed by atoms with E-state index in [9.17, 15) is 36.8 Å². The van der Waals surface area contributed by atoms with E-state index in [1.165, 1.54) is 12.1 Å². The lowest BCUT2D eigenvalue weighted by molar-refractivity contribution is -0.387. The Morgan fingerprint density at radius 2 is 1.85 bits per heavy atom. The predicted octanol–water partition coefficient (Wildman–Crippen LogP) is -0.161. The van der Waals surface area contributed by atoms with Gasteiger partial charge in [-0.2, -0.15) is 13.2 Å². The van der Waals surface area contributed by atoms with E-state index in [1.807, 2.05) is 0 Å². The van der Waals surface area contributed by atoms with Gasteiger partial charge in [-0.05, 0) is 6.07 Å². The molecule has 14 heteroatoms. The molecule has 1 fully saturated rings. The summed E-state index contributed by atoms with van der Waals surface area (Å²) in [4.78, 5) is 18.6. The molecule has 1 aliphatic rings. The number of nitrogens with zero attached hydrogens (tertiary/aromatic N) is 1. The molecule has 4 N–H and O–H groups in total. The molecule has 1 aliphatic heterocycles. The Kier molecular flexibility index (Phi) is 7.02. The number of nitrogens with one attached hydrogen (secondary N) is 2. The zero-order chi connectivity index (χ0) is 20.1. The van der Waals surface area contributed by atoms with Crippen molar-refractivity contribution in [3.05, 3.63) is 34.4 Å². The topological polar surface area (TPSA) is 159 Å². The number of aliphatic carboxylic acids is 1. The second kappa shape index (κ2) is 8.39. The van der Waals surface area contributed by atoms with Gasteiger partial charge in [-0.1, -0.05) is 12.1 Å². The fraction of sp³-hybridized carbons (Fsp3) is 0.417. The predicted molar refractivity (Wildman–Crippen MR) is 79.8 cm³/mol. The van der Waals surface area contributed by atoms with Crippen LogP contribution in [0.1, 0.15) is 0 Å². The zero-order valence-corrected chi connectivity index (χ0v) is 13.6. The van der Waals surface area contributed by atoms with E-state index >= 15 is 0 Å². The van der Waals surface area contributed by atoms with Crippen molar-refractivity contribution < 1.29 is 41.5 Å². The van der Waals surface area contributed by atoms with Crippen LogP contribution in [0.15, 0.2) is 29.2 Å². The van der Waals surface area contributed by atoms with Crippen molar-refractivity contribution >= 4 is 21.7 Å². The highest BCUT2D eigenvalue weighted by Gasteiger charge is 2.38. The maximum Gasteiger partial charge on any atom is 0.490 e. The molecule has 0 unspecified atom stereocenters. The van der Waals surface area contributed by atoms with Crippen LogP contribution in [-0.2, 0) is 14.8 Å². The summed E-state index contributed by atoms with van der Waals surface area (Å²) in [6.07, 6.45) is -5.93. The third kappa shape index (κ3) is 5.91. The van der Waals surface area contributed by atoms with Crippen LogP contribution in [0.25, 0.3) is 0 Å². The number of aliphatic hydroxyl groups is 1. The molecule has 0 bridgehead atoms. The number of alkyl halides is 3. The molecule has 1 aromatic carbocycles. The Morgan fingerprint density at radius 1 is 1.31 bits per heavy atom. The molecule has 1 heterocycles. The minimum Gasteiger partial charge on any atom is -0.475 e. The minimum atomic E-state index is -5.08. The molecule has 0 aliphatic carbocycles. The molecule has 1 aromatic rings. The lowest BCUT2D eigenvalue weighted by Crippen LogP contribution is -2.42. The third-order valence-electron chi connectivity index (χ3n) is 3.08. The first-order valence-corrected chi connectivity index (χ1v) is 8.29. The van der Waals surface area contributed by atoms with Gasteiger partial charge in [0.25, 0.3) is 5.69 Å². The van der Waals surface area contributed by atoms with Crippen LogP contribution in [0.3, 0.4) is 0 Å². The van der Waals surface area contributed by atoms with Gasteiger partial charge in [-0.25, -0.2) is 17.9 Å². The number of nitro groups is 1. The summed E-state index contributed by atoms with van der Waals surface area (Å²) in [5.41, 5.74) is -0.490. The lowest BCUT2D eigenvalue weighted by atomic mass is 10.2. The van der Waals surface area contributed by atoms with Gasteiger partial charge in [0.15, 0.2) is 4.90 Å². The van der Waals surface area contributed by atoms with Crippen molar-refractivity contribution in [1.29, 1.82) is 0 Å². The van der Waals surface area contributed by atoms with E-state index in [0.717, 1.165) is 12.1 Å². The van der Waals surface area contributed by atoms with Crippen LogP contribution < -0.4 is 10.0 Å². The second-order valence-electron chi connectivity index (χ2n) is 4.98. The zero-order valence-electron chi connectivity index (χ0n) is 12.8. The average molecular weight is 401 g/mol. The number of rotatable bonds is 4. The number of hydrogen-bond acceptors (Lipinski definition) is 7. The van der Waals surface area contributed by atoms with Gasteiger partial charge >= 0.3 is 12.1 Å². The third-order valence-corrected chi connectivity index (χ3v) is 4.62. The summed E-state index contributed by atoms with van der Waals surface area (Å²) in [7, 11) is -4.04. The van der Waals surface area contributed by atoms with Crippen LogP contribution in [0.5, 0.6) is 0 Å². The number of aliphatic hydroxyl groups excluding tert-OH is 1. The summed E-state index contributed by atoms with van der Waals surface area (Å²) in [6.45, 7) is 0.561. The molecule has 146 valence electrons. The van der Waals surface area contributed by atoms with Crippen molar-refractivity contribution in [1.82, 2.24) is 10.0 Å². The lowest BCUT2D eigenvalue weighted by Gasteiger charge is -2.15. The number of sulfonamides is 1. The molecule has 0 radical (unpaired) electrons. The number of benzene rings is 1. The standard InChI is InChI=1S/C10H13N3O5S.C2HF3O2/c14-9-6-11-5-7(9)12-19(17,18)10-4-2-1-3-8(10)13(15)16;3-2(4,5)1(6)7/h1-4,7,9,11-12,14H,5-6H2;(H,6,7)/t7-,9+;/m0./s1. The first-order valence-electron chi connectivity index (χ1n) is 6.81. The summed E-state index contributed by atoms with van der Waals surface area (Å²) in [5, 5.41) is 30.3. The number of carbonyl (C=O) groups is 1. The van der Waals surface area contributed by atoms with E-state index in [0.29, 0.717) is 0 Å². The largest absolute Gasteiger partial charge is 0.490 e. The smallest absolute Gasteiger partial charge is 0.475 e. The molecule has 0 amide bonds. The summed E-state index contributed by atoms with van der Waals surface area (Å²) >= 11 is 0. The number of nitro benzene ring substituents is 1. The van der Waals surface area contributed by atoms with Crippen molar-refractivity contribution in [3.8, 4) is 0 Å². The van der Waals surface area contributed by atoms with Crippen LogP contribution in [-0.4, -0.2) is 60.9 Å². The summed E-state index contributed by atoms with van der Waals surface area (Å²) < 4.78 is 58.2. The summed E-state index contributed by atoms with van der Waals surface area (Å²) in [5.74, 6) is -2.76. The van der Waals surface area contributed by atoms with E-state index in [2.05, 4.69) is 10.0 Å². The van der Waals surface area contributed by atoms with E-state index < -0.39 is 49.8 Å². The summed E-state index contributed by atoms with van der Waals surface area (Å²) in [6, 6.07) is 4.39. The molecule has 0 saturated carbocycles. The normalized spacial score (nSPS) is 20.2. The molecule has 26 heavy (non-hydrogen) atoms. The van der Waals surface area contributed by atoms with Gasteiger partial charge < -0.3 is 15.5 Å². The number of hydrogen-bond donors (Lipinski definition) is 4. The monoisotopic (exact) mass is 401 g/mol. The molecule has 10 nitrogen and oxygen atoms in total. The SMILES string of the molecule is O=C(O)C(F)(F)F.O=[N+]([O-])c1ccccc1S(=O)(=O)N[C@H]1CNC[C@H]1O. The van der Waals surface area contributed by atoms with Crippen molar-refractivity contribution in [2.45, 2.75) is 23.2 Å². The first kappa shape index (κ1) is 21.8. The van der Waals surface area contributed by atoms with Gasteiger partial charge in [0, 0.05) is 19.2 Å². The van der Waals surface area contributed by atoms with Crippen molar-refractivity contribution in [2.24, 2.45) is 0 Å². The average Bonchev–Trinajstić information content (AvgIpc) is 2.91. The Hall–Kier alpha value is -2.29. The Morgan fingerprint density at radius 3 is 2.27 bits per heavy atom. The molecular formula is C12H14F3N3O7S. The van der Waals surface area contributed by atoms with Gasteiger partial charge in [0.1, 0.15) is 0 Å². The highest BCUT2D eigenvalue weighted by Crippen LogP contribution is 2.23. The molecule has 0 spiro atoms. The minimum absolute atomic E-state index is 0.279. The number of carboxylic acid groups (broad SMARTS) is 1. The van der Waals surface area contributed by atoms with Gasteiger partial charge in [0.2, 0.25) is 10.0 Å². The Balaban J connectivity index is 0.000000412. The van der Waals surface area contributed by atoms with Crippen molar-refractivity contribution in [2.75, 3.05) is 13.1 Å². The second-order valence-corrected chi connectivity index (χ2v) is 6.66. The Bertz CT molecular complexity index is 770. The van der Waals surface area contributed by atoms with E-state index in [1.54, 1.807) is 0 Å². The molecule has 1 saturated heterocycles. The van der Waals surface area contributed by atoms with Gasteiger partial charge in [-0.3, -0.25) is 10.1 Å². The Labute approximate surface area is 144 Å². The van der Waals surface area contributed by atoms with Crippen LogP contribution in [0, 0.1) is 10.1 Å². The van der Waals surface area contributed by atoms with E-state index in [-0.39, 0.29) is 13.1 Å². The fourth-order valence-corrected chi connectivity index (χ4v) is 3.32. The fourth-order valence-electron chi connectivity index (χ4n) is 1.88. The highest BCUT2D eigenvalue weighted by molar-refractivity contribution is 7.89. The first-order chi connectivity index (χ1) is 11.9. The van der Waals surface area contributed by atoms with Gasteiger partial charge in [-0.15, -0.1) is 0 Å². The van der Waals surface area contributed by atoms with E-state index in [4.69, 9.17) is 9.90 Å².